The van der Waals surface area contributed by atoms with Crippen molar-refractivity contribution in [1.82, 2.24) is 0 Å². The van der Waals surface area contributed by atoms with Gasteiger partial charge in [0.1, 0.15) is 5.69 Å². The van der Waals surface area contributed by atoms with Gasteiger partial charge in [-0.1, -0.05) is 6.92 Å². The zero-order valence-corrected chi connectivity index (χ0v) is 10.7. The Morgan fingerprint density at radius 1 is 1.05 bits per heavy atom. The van der Waals surface area contributed by atoms with E-state index >= 15 is 0 Å². The van der Waals surface area contributed by atoms with Crippen LogP contribution in [0.25, 0.3) is 0 Å². The number of benzene rings is 1. The van der Waals surface area contributed by atoms with Gasteiger partial charge < -0.3 is 10.0 Å². The van der Waals surface area contributed by atoms with Crippen molar-refractivity contribution in [2.24, 2.45) is 5.92 Å². The normalized spacial score (nSPS) is 12.3. The molecule has 0 aliphatic rings. The largest absolute Gasteiger partial charge is 0.481 e. The molecular weight excluding hydrogens is 285 g/mol. The van der Waals surface area contributed by atoms with Crippen molar-refractivity contribution in [3.8, 4) is 0 Å². The first-order valence-electron chi connectivity index (χ1n) is 5.71. The van der Waals surface area contributed by atoms with Gasteiger partial charge in [-0.05, 0) is 6.92 Å². The van der Waals surface area contributed by atoms with Crippen LogP contribution in [0.1, 0.15) is 13.8 Å². The van der Waals surface area contributed by atoms with Gasteiger partial charge in [-0.15, -0.1) is 0 Å². The first-order chi connectivity index (χ1) is 9.22. The first-order valence-corrected chi connectivity index (χ1v) is 5.71. The minimum absolute atomic E-state index is 0.115. The number of rotatable bonds is 5. The smallest absolute Gasteiger partial charge is 0.308 e. The zero-order chi connectivity index (χ0) is 15.6. The summed E-state index contributed by atoms with van der Waals surface area (Å²) in [6.45, 7) is 2.17. The summed E-state index contributed by atoms with van der Waals surface area (Å²) in [5, 5.41) is 8.74. The number of carboxylic acid groups (broad SMARTS) is 1. The lowest BCUT2D eigenvalue weighted by molar-refractivity contribution is -0.140. The Labute approximate surface area is 111 Å². The van der Waals surface area contributed by atoms with E-state index in [-0.39, 0.29) is 13.1 Å². The van der Waals surface area contributed by atoms with Crippen molar-refractivity contribution >= 4 is 11.7 Å². The quantitative estimate of drug-likeness (QED) is 0.516. The summed E-state index contributed by atoms with van der Waals surface area (Å²) in [5.41, 5.74) is -1.11. The standard InChI is InChI=1S/C12H12F5NO2/c1-3-18(4-5(2)12(19)20)11-9(16)7(14)6(13)8(15)10(11)17/h5H,3-4H2,1-2H3,(H,19,20). The highest BCUT2D eigenvalue weighted by atomic mass is 19.2. The fraction of sp³-hybridized carbons (Fsp3) is 0.417. The molecule has 1 rings (SSSR count). The van der Waals surface area contributed by atoms with E-state index in [4.69, 9.17) is 5.11 Å². The molecule has 0 aliphatic carbocycles. The van der Waals surface area contributed by atoms with Gasteiger partial charge in [0.2, 0.25) is 5.82 Å². The van der Waals surface area contributed by atoms with E-state index in [0.29, 0.717) is 0 Å². The lowest BCUT2D eigenvalue weighted by Crippen LogP contribution is -2.33. The molecule has 0 aromatic heterocycles. The molecule has 0 heterocycles. The van der Waals surface area contributed by atoms with Gasteiger partial charge in [-0.2, -0.15) is 0 Å². The van der Waals surface area contributed by atoms with Crippen molar-refractivity contribution in [1.29, 1.82) is 0 Å². The zero-order valence-electron chi connectivity index (χ0n) is 10.7. The Morgan fingerprint density at radius 2 is 1.45 bits per heavy atom. The van der Waals surface area contributed by atoms with Crippen molar-refractivity contribution in [3.05, 3.63) is 29.1 Å². The van der Waals surface area contributed by atoms with Crippen LogP contribution < -0.4 is 4.90 Å². The third kappa shape index (κ3) is 2.83. The molecule has 0 radical (unpaired) electrons. The summed E-state index contributed by atoms with van der Waals surface area (Å²) in [6.07, 6.45) is 0. The van der Waals surface area contributed by atoms with E-state index in [1.807, 2.05) is 0 Å². The minimum atomic E-state index is -2.24. The fourth-order valence-corrected chi connectivity index (χ4v) is 1.66. The second-order valence-electron chi connectivity index (χ2n) is 4.20. The molecule has 3 nitrogen and oxygen atoms in total. The van der Waals surface area contributed by atoms with Crippen LogP contribution in [0.3, 0.4) is 0 Å². The van der Waals surface area contributed by atoms with Crippen molar-refractivity contribution in [2.75, 3.05) is 18.0 Å². The number of carboxylic acids is 1. The van der Waals surface area contributed by atoms with E-state index in [1.165, 1.54) is 13.8 Å². The van der Waals surface area contributed by atoms with E-state index < -0.39 is 46.7 Å². The van der Waals surface area contributed by atoms with Crippen LogP contribution in [0.15, 0.2) is 0 Å². The van der Waals surface area contributed by atoms with E-state index in [1.54, 1.807) is 0 Å². The van der Waals surface area contributed by atoms with Crippen LogP contribution in [-0.4, -0.2) is 24.2 Å². The summed E-state index contributed by atoms with van der Waals surface area (Å²) >= 11 is 0. The number of carbonyl (C=O) groups is 1. The molecule has 8 heteroatoms. The molecule has 0 fully saturated rings. The number of hydrogen-bond donors (Lipinski definition) is 1. The van der Waals surface area contributed by atoms with Crippen molar-refractivity contribution in [3.63, 3.8) is 0 Å². The van der Waals surface area contributed by atoms with Gasteiger partial charge in [0.25, 0.3) is 0 Å². The molecule has 1 aromatic carbocycles. The Morgan fingerprint density at radius 3 is 1.80 bits per heavy atom. The average molecular weight is 297 g/mol. The molecule has 20 heavy (non-hydrogen) atoms. The average Bonchev–Trinajstić information content (AvgIpc) is 2.41. The maximum atomic E-state index is 13.6. The van der Waals surface area contributed by atoms with Gasteiger partial charge >= 0.3 is 5.97 Å². The molecule has 0 aliphatic heterocycles. The molecule has 1 unspecified atom stereocenters. The van der Waals surface area contributed by atoms with Crippen LogP contribution in [0.2, 0.25) is 0 Å². The second-order valence-corrected chi connectivity index (χ2v) is 4.20. The molecule has 1 N–H and O–H groups in total. The third-order valence-corrected chi connectivity index (χ3v) is 2.80. The van der Waals surface area contributed by atoms with E-state index in [9.17, 15) is 26.7 Å². The monoisotopic (exact) mass is 297 g/mol. The van der Waals surface area contributed by atoms with Crippen LogP contribution >= 0.6 is 0 Å². The van der Waals surface area contributed by atoms with Crippen LogP contribution in [0.4, 0.5) is 27.6 Å². The number of aliphatic carboxylic acids is 1. The minimum Gasteiger partial charge on any atom is -0.481 e. The summed E-state index contributed by atoms with van der Waals surface area (Å²) in [7, 11) is 0. The number of halogens is 5. The van der Waals surface area contributed by atoms with Gasteiger partial charge in [-0.25, -0.2) is 22.0 Å². The number of nitrogens with zero attached hydrogens (tertiary/aromatic N) is 1. The maximum absolute atomic E-state index is 13.6. The Kier molecular flexibility index (Phi) is 4.91. The molecule has 0 spiro atoms. The molecule has 0 amide bonds. The van der Waals surface area contributed by atoms with E-state index in [0.717, 1.165) is 4.90 Å². The maximum Gasteiger partial charge on any atom is 0.308 e. The van der Waals surface area contributed by atoms with Gasteiger partial charge in [0.05, 0.1) is 5.92 Å². The van der Waals surface area contributed by atoms with Crippen LogP contribution in [0.5, 0.6) is 0 Å². The summed E-state index contributed by atoms with van der Waals surface area (Å²) < 4.78 is 66.3. The second kappa shape index (κ2) is 6.06. The lowest BCUT2D eigenvalue weighted by Gasteiger charge is -2.26. The van der Waals surface area contributed by atoms with Crippen molar-refractivity contribution in [2.45, 2.75) is 13.8 Å². The summed E-state index contributed by atoms with van der Waals surface area (Å²) in [5.74, 6) is -12.6. The van der Waals surface area contributed by atoms with Crippen LogP contribution in [-0.2, 0) is 4.79 Å². The van der Waals surface area contributed by atoms with Gasteiger partial charge in [0.15, 0.2) is 23.3 Å². The van der Waals surface area contributed by atoms with Crippen molar-refractivity contribution < 1.29 is 31.9 Å². The highest BCUT2D eigenvalue weighted by Gasteiger charge is 2.29. The topological polar surface area (TPSA) is 40.5 Å². The Balaban J connectivity index is 3.32. The lowest BCUT2D eigenvalue weighted by atomic mass is 10.1. The van der Waals surface area contributed by atoms with Crippen LogP contribution in [0, 0.1) is 35.0 Å². The number of hydrogen-bond acceptors (Lipinski definition) is 2. The highest BCUT2D eigenvalue weighted by molar-refractivity contribution is 5.70. The van der Waals surface area contributed by atoms with Gasteiger partial charge in [-0.3, -0.25) is 4.79 Å². The fourth-order valence-electron chi connectivity index (χ4n) is 1.66. The number of anilines is 1. The van der Waals surface area contributed by atoms with Gasteiger partial charge in [0, 0.05) is 13.1 Å². The summed E-state index contributed by atoms with van der Waals surface area (Å²) in [4.78, 5) is 11.5. The summed E-state index contributed by atoms with van der Waals surface area (Å²) in [6, 6.07) is 0. The molecule has 0 saturated heterocycles. The molecule has 0 bridgehead atoms. The molecule has 0 saturated carbocycles. The third-order valence-electron chi connectivity index (χ3n) is 2.80. The predicted molar refractivity (Wildman–Crippen MR) is 60.9 cm³/mol. The molecular formula is C12H12F5NO2. The Bertz CT molecular complexity index is 506. The predicted octanol–water partition coefficient (Wildman–Crippen LogP) is 2.93. The Hall–Kier alpha value is -1.86. The molecule has 1 aromatic rings. The molecule has 112 valence electrons. The first kappa shape index (κ1) is 16.2. The van der Waals surface area contributed by atoms with E-state index in [2.05, 4.69) is 0 Å². The molecule has 1 atom stereocenters. The highest BCUT2D eigenvalue weighted by Crippen LogP contribution is 2.30. The SMILES string of the molecule is CCN(CC(C)C(=O)O)c1c(F)c(F)c(F)c(F)c1F.